The molecule has 3 aliphatic carbocycles. The van der Waals surface area contributed by atoms with Crippen molar-refractivity contribution in [1.82, 2.24) is 4.90 Å². The van der Waals surface area contributed by atoms with Gasteiger partial charge in [-0.15, -0.1) is 0 Å². The Hall–Kier alpha value is -2.50. The van der Waals surface area contributed by atoms with Crippen LogP contribution in [-0.2, 0) is 25.6 Å². The Kier molecular flexibility index (Phi) is 5.20. The van der Waals surface area contributed by atoms with E-state index in [2.05, 4.69) is 5.32 Å². The maximum Gasteiger partial charge on any atom is 0.230 e. The quantitative estimate of drug-likeness (QED) is 0.725. The third kappa shape index (κ3) is 3.54. The highest BCUT2D eigenvalue weighted by atomic mass is 16.2. The van der Waals surface area contributed by atoms with Crippen molar-refractivity contribution in [2.75, 3.05) is 11.9 Å². The lowest BCUT2D eigenvalue weighted by atomic mass is 9.54. The van der Waals surface area contributed by atoms with E-state index in [1.54, 1.807) is 0 Å². The second kappa shape index (κ2) is 7.40. The van der Waals surface area contributed by atoms with Crippen LogP contribution in [0.15, 0.2) is 24.3 Å². The molecule has 1 aromatic carbocycles. The Labute approximate surface area is 152 Å². The highest BCUT2D eigenvalue weighted by Crippen LogP contribution is 2.56. The van der Waals surface area contributed by atoms with Crippen molar-refractivity contribution in [3.8, 4) is 0 Å². The van der Waals surface area contributed by atoms with Gasteiger partial charge in [0.2, 0.25) is 18.7 Å². The highest BCUT2D eigenvalue weighted by molar-refractivity contribution is 5.95. The lowest BCUT2D eigenvalue weighted by Gasteiger charge is -2.49. The smallest absolute Gasteiger partial charge is 0.230 e. The number of carbonyl (C=O) groups excluding carboxylic acids is 4. The molecule has 1 aromatic rings. The average Bonchev–Trinajstić information content (AvgIpc) is 2.71. The van der Waals surface area contributed by atoms with Crippen LogP contribution in [0.4, 0.5) is 5.69 Å². The third-order valence-corrected chi connectivity index (χ3v) is 6.18. The number of rotatable bonds is 8. The SMILES string of the molecule is O=CN(C=O)CCc1ccc(NC(=O)C23CCC(C=O)(CC2)CC3)cc1. The Morgan fingerprint density at radius 2 is 1.54 bits per heavy atom. The fourth-order valence-electron chi connectivity index (χ4n) is 4.14. The van der Waals surface area contributed by atoms with E-state index < -0.39 is 0 Å². The van der Waals surface area contributed by atoms with Crippen LogP contribution in [-0.4, -0.2) is 36.5 Å². The summed E-state index contributed by atoms with van der Waals surface area (Å²) < 4.78 is 0. The van der Waals surface area contributed by atoms with Gasteiger partial charge in [0.25, 0.3) is 0 Å². The maximum absolute atomic E-state index is 12.8. The summed E-state index contributed by atoms with van der Waals surface area (Å²) >= 11 is 0. The molecule has 0 saturated heterocycles. The summed E-state index contributed by atoms with van der Waals surface area (Å²) in [5, 5.41) is 3.02. The number of hydrogen-bond acceptors (Lipinski definition) is 4. The zero-order chi connectivity index (χ0) is 18.6. The molecule has 0 spiro atoms. The van der Waals surface area contributed by atoms with Gasteiger partial charge in [0, 0.05) is 23.1 Å². The van der Waals surface area contributed by atoms with Crippen LogP contribution in [0.2, 0.25) is 0 Å². The average molecular weight is 356 g/mol. The monoisotopic (exact) mass is 356 g/mol. The van der Waals surface area contributed by atoms with Gasteiger partial charge in [-0.1, -0.05) is 12.1 Å². The predicted molar refractivity (Wildman–Crippen MR) is 96.2 cm³/mol. The largest absolute Gasteiger partial charge is 0.326 e. The minimum atomic E-state index is -0.335. The lowest BCUT2D eigenvalue weighted by molar-refractivity contribution is -0.139. The molecule has 3 fully saturated rings. The molecule has 3 saturated carbocycles. The molecular formula is C20H24N2O4. The number of amides is 3. The minimum Gasteiger partial charge on any atom is -0.326 e. The van der Waals surface area contributed by atoms with Crippen LogP contribution in [0.5, 0.6) is 0 Å². The molecule has 6 heteroatoms. The first kappa shape index (κ1) is 18.3. The van der Waals surface area contributed by atoms with E-state index >= 15 is 0 Å². The van der Waals surface area contributed by atoms with Gasteiger partial charge >= 0.3 is 0 Å². The fourth-order valence-corrected chi connectivity index (χ4v) is 4.14. The number of nitrogens with one attached hydrogen (secondary N) is 1. The molecule has 3 aliphatic rings. The molecule has 26 heavy (non-hydrogen) atoms. The molecule has 0 aromatic heterocycles. The Bertz CT molecular complexity index is 666. The number of benzene rings is 1. The van der Waals surface area contributed by atoms with Crippen LogP contribution in [0.3, 0.4) is 0 Å². The van der Waals surface area contributed by atoms with E-state index in [-0.39, 0.29) is 16.7 Å². The first-order valence-electron chi connectivity index (χ1n) is 9.08. The van der Waals surface area contributed by atoms with Gasteiger partial charge in [0.05, 0.1) is 0 Å². The fraction of sp³-hybridized carbons (Fsp3) is 0.500. The number of hydrogen-bond donors (Lipinski definition) is 1. The van der Waals surface area contributed by atoms with Gasteiger partial charge in [0.15, 0.2) is 0 Å². The molecule has 1 N–H and O–H groups in total. The van der Waals surface area contributed by atoms with Crippen molar-refractivity contribution < 1.29 is 19.2 Å². The molecule has 0 atom stereocenters. The maximum atomic E-state index is 12.8. The summed E-state index contributed by atoms with van der Waals surface area (Å²) in [5.41, 5.74) is 1.22. The first-order chi connectivity index (χ1) is 12.5. The molecular weight excluding hydrogens is 332 g/mol. The van der Waals surface area contributed by atoms with E-state index in [0.29, 0.717) is 25.8 Å². The third-order valence-electron chi connectivity index (χ3n) is 6.18. The molecule has 138 valence electrons. The van der Waals surface area contributed by atoms with E-state index in [1.165, 1.54) is 0 Å². The standard InChI is InChI=1S/C20H24N2O4/c23-13-19-6-9-20(10-7-19,11-8-19)18(26)21-17-3-1-16(2-4-17)5-12-22(14-24)15-25/h1-4,13-15H,5-12H2,(H,21,26). The number of nitrogens with zero attached hydrogens (tertiary/aromatic N) is 1. The minimum absolute atomic E-state index is 0.0533. The molecule has 0 heterocycles. The zero-order valence-corrected chi connectivity index (χ0v) is 14.8. The summed E-state index contributed by atoms with van der Waals surface area (Å²) in [6.07, 6.45) is 7.47. The first-order valence-corrected chi connectivity index (χ1v) is 9.08. The van der Waals surface area contributed by atoms with Crippen molar-refractivity contribution >= 4 is 30.7 Å². The molecule has 4 rings (SSSR count). The van der Waals surface area contributed by atoms with Gasteiger partial charge in [-0.05, 0) is 62.6 Å². The van der Waals surface area contributed by atoms with Gasteiger partial charge in [-0.3, -0.25) is 19.3 Å². The Balaban J connectivity index is 1.57. The van der Waals surface area contributed by atoms with E-state index in [4.69, 9.17) is 0 Å². The number of anilines is 1. The highest BCUT2D eigenvalue weighted by Gasteiger charge is 2.52. The number of aldehydes is 1. The van der Waals surface area contributed by atoms with Gasteiger partial charge in [-0.25, -0.2) is 0 Å². The number of fused-ring (bicyclic) bond motifs is 3. The molecule has 0 unspecified atom stereocenters. The van der Waals surface area contributed by atoms with Crippen LogP contribution < -0.4 is 5.32 Å². The zero-order valence-electron chi connectivity index (χ0n) is 14.8. The van der Waals surface area contributed by atoms with Crippen molar-refractivity contribution in [3.05, 3.63) is 29.8 Å². The topological polar surface area (TPSA) is 83.6 Å². The van der Waals surface area contributed by atoms with Crippen molar-refractivity contribution in [2.24, 2.45) is 10.8 Å². The van der Waals surface area contributed by atoms with Crippen molar-refractivity contribution in [3.63, 3.8) is 0 Å². The summed E-state index contributed by atoms with van der Waals surface area (Å²) in [5.74, 6) is 0.0533. The van der Waals surface area contributed by atoms with Gasteiger partial charge < -0.3 is 10.1 Å². The van der Waals surface area contributed by atoms with Crippen LogP contribution >= 0.6 is 0 Å². The normalized spacial score (nSPS) is 26.8. The molecule has 6 nitrogen and oxygen atoms in total. The summed E-state index contributed by atoms with van der Waals surface area (Å²) in [6.45, 7) is 0.334. The van der Waals surface area contributed by atoms with Gasteiger partial charge in [0.1, 0.15) is 6.29 Å². The molecule has 2 bridgehead atoms. The lowest BCUT2D eigenvalue weighted by Crippen LogP contribution is -2.48. The summed E-state index contributed by atoms with van der Waals surface area (Å²) in [4.78, 5) is 46.4. The predicted octanol–water partition coefficient (Wildman–Crippen LogP) is 2.32. The van der Waals surface area contributed by atoms with Crippen LogP contribution in [0.1, 0.15) is 44.1 Å². The second-order valence-corrected chi connectivity index (χ2v) is 7.61. The van der Waals surface area contributed by atoms with E-state index in [0.717, 1.165) is 61.0 Å². The van der Waals surface area contributed by atoms with Gasteiger partial charge in [-0.2, -0.15) is 0 Å². The second-order valence-electron chi connectivity index (χ2n) is 7.61. The van der Waals surface area contributed by atoms with Crippen molar-refractivity contribution in [1.29, 1.82) is 0 Å². The number of imide groups is 1. The van der Waals surface area contributed by atoms with E-state index in [9.17, 15) is 19.2 Å². The van der Waals surface area contributed by atoms with Crippen LogP contribution in [0.25, 0.3) is 0 Å². The summed E-state index contributed by atoms with van der Waals surface area (Å²) in [7, 11) is 0. The molecule has 0 aliphatic heterocycles. The van der Waals surface area contributed by atoms with Crippen LogP contribution in [0, 0.1) is 10.8 Å². The Morgan fingerprint density at radius 1 is 0.962 bits per heavy atom. The number of carbonyl (C=O) groups is 4. The van der Waals surface area contributed by atoms with E-state index in [1.807, 2.05) is 24.3 Å². The summed E-state index contributed by atoms with van der Waals surface area (Å²) in [6, 6.07) is 7.47. The Morgan fingerprint density at radius 3 is 2.04 bits per heavy atom. The van der Waals surface area contributed by atoms with Crippen molar-refractivity contribution in [2.45, 2.75) is 44.9 Å². The molecule has 3 amide bonds. The molecule has 0 radical (unpaired) electrons.